The number of aliphatic carboxylic acids is 1. The highest BCUT2D eigenvalue weighted by Crippen LogP contribution is 1.90. The zero-order valence-electron chi connectivity index (χ0n) is 7.85. The van der Waals surface area contributed by atoms with Crippen LogP contribution in [0.25, 0.3) is 0 Å². The Morgan fingerprint density at radius 2 is 2.20 bits per heavy atom. The molecule has 0 saturated carbocycles. The van der Waals surface area contributed by atoms with E-state index >= 15 is 0 Å². The topological polar surface area (TPSA) is 112 Å². The first-order valence-electron chi connectivity index (χ1n) is 4.10. The Balaban J connectivity index is 2.73. The normalized spacial score (nSPS) is 11.8. The molecule has 1 amide bonds. The van der Waals surface area contributed by atoms with Crippen molar-refractivity contribution in [2.75, 3.05) is 0 Å². The first-order chi connectivity index (χ1) is 7.00. The average Bonchev–Trinajstić information content (AvgIpc) is 2.18. The lowest BCUT2D eigenvalue weighted by Gasteiger charge is -2.07. The van der Waals surface area contributed by atoms with E-state index in [2.05, 4.69) is 15.5 Å². The molecule has 1 aromatic heterocycles. The maximum absolute atomic E-state index is 11.3. The summed E-state index contributed by atoms with van der Waals surface area (Å²) in [6.07, 6.45) is 0. The molecule has 7 heteroatoms. The molecule has 0 aliphatic rings. The second-order valence-electron chi connectivity index (χ2n) is 2.84. The predicted molar refractivity (Wildman–Crippen MR) is 49.4 cm³/mol. The molecule has 3 N–H and O–H groups in total. The molecule has 1 rings (SSSR count). The number of carbonyl (C=O) groups is 2. The Labute approximate surface area is 84.1 Å². The molecule has 0 fully saturated rings. The molecular weight excluding hydrogens is 202 g/mol. The summed E-state index contributed by atoms with van der Waals surface area (Å²) in [4.78, 5) is 32.4. The van der Waals surface area contributed by atoms with Gasteiger partial charge in [-0.15, -0.1) is 0 Å². The number of carbonyl (C=O) groups excluding carboxylic acids is 1. The molecule has 0 aliphatic carbocycles. The van der Waals surface area contributed by atoms with Crippen LogP contribution in [0.5, 0.6) is 0 Å². The minimum Gasteiger partial charge on any atom is -0.480 e. The van der Waals surface area contributed by atoms with E-state index in [1.54, 1.807) is 0 Å². The summed E-state index contributed by atoms with van der Waals surface area (Å²) >= 11 is 0. The SMILES string of the molecule is C[C@H](NC(=O)c1ccc(=O)[nH]n1)C(=O)O. The summed E-state index contributed by atoms with van der Waals surface area (Å²) in [7, 11) is 0. The third kappa shape index (κ3) is 2.90. The van der Waals surface area contributed by atoms with Crippen LogP contribution < -0.4 is 10.9 Å². The zero-order valence-corrected chi connectivity index (χ0v) is 7.85. The van der Waals surface area contributed by atoms with Crippen molar-refractivity contribution in [3.63, 3.8) is 0 Å². The van der Waals surface area contributed by atoms with Gasteiger partial charge in [0.25, 0.3) is 11.5 Å². The average molecular weight is 211 g/mol. The van der Waals surface area contributed by atoms with E-state index in [9.17, 15) is 14.4 Å². The minimum atomic E-state index is -1.15. The fraction of sp³-hybridized carbons (Fsp3) is 0.250. The molecule has 15 heavy (non-hydrogen) atoms. The van der Waals surface area contributed by atoms with Crippen LogP contribution in [0.4, 0.5) is 0 Å². The number of hydrogen-bond donors (Lipinski definition) is 3. The lowest BCUT2D eigenvalue weighted by Crippen LogP contribution is -2.39. The van der Waals surface area contributed by atoms with Gasteiger partial charge in [0.15, 0.2) is 0 Å². The molecule has 0 aromatic carbocycles. The van der Waals surface area contributed by atoms with Gasteiger partial charge in [0.2, 0.25) is 0 Å². The van der Waals surface area contributed by atoms with E-state index < -0.39 is 23.5 Å². The number of H-pyrrole nitrogens is 1. The minimum absolute atomic E-state index is 0.0392. The van der Waals surface area contributed by atoms with Crippen molar-refractivity contribution in [2.24, 2.45) is 0 Å². The summed E-state index contributed by atoms with van der Waals surface area (Å²) in [6, 6.07) is 1.34. The van der Waals surface area contributed by atoms with E-state index in [0.29, 0.717) is 0 Å². The second kappa shape index (κ2) is 4.36. The van der Waals surface area contributed by atoms with Crippen LogP contribution in [-0.2, 0) is 4.79 Å². The van der Waals surface area contributed by atoms with Gasteiger partial charge >= 0.3 is 5.97 Å². The molecule has 0 unspecified atom stereocenters. The van der Waals surface area contributed by atoms with E-state index in [-0.39, 0.29) is 5.69 Å². The van der Waals surface area contributed by atoms with Gasteiger partial charge in [-0.1, -0.05) is 0 Å². The van der Waals surface area contributed by atoms with Crippen molar-refractivity contribution in [2.45, 2.75) is 13.0 Å². The van der Waals surface area contributed by atoms with Crippen LogP contribution in [0.1, 0.15) is 17.4 Å². The van der Waals surface area contributed by atoms with Gasteiger partial charge < -0.3 is 10.4 Å². The molecule has 0 bridgehead atoms. The highest BCUT2D eigenvalue weighted by atomic mass is 16.4. The van der Waals surface area contributed by atoms with Crippen molar-refractivity contribution in [3.8, 4) is 0 Å². The Morgan fingerprint density at radius 1 is 1.53 bits per heavy atom. The van der Waals surface area contributed by atoms with Crippen LogP contribution in [0, 0.1) is 0 Å². The van der Waals surface area contributed by atoms with Gasteiger partial charge in [-0.05, 0) is 13.0 Å². The molecule has 0 saturated heterocycles. The van der Waals surface area contributed by atoms with Crippen LogP contribution in [-0.4, -0.2) is 33.2 Å². The molecular formula is C8H9N3O4. The van der Waals surface area contributed by atoms with Crippen molar-refractivity contribution >= 4 is 11.9 Å². The van der Waals surface area contributed by atoms with Crippen molar-refractivity contribution < 1.29 is 14.7 Å². The molecule has 7 nitrogen and oxygen atoms in total. The van der Waals surface area contributed by atoms with Crippen molar-refractivity contribution in [1.29, 1.82) is 0 Å². The third-order valence-corrected chi connectivity index (χ3v) is 1.63. The molecule has 1 aromatic rings. The van der Waals surface area contributed by atoms with E-state index in [4.69, 9.17) is 5.11 Å². The number of rotatable bonds is 3. The van der Waals surface area contributed by atoms with Gasteiger partial charge in [0.05, 0.1) is 0 Å². The van der Waals surface area contributed by atoms with E-state index in [1.165, 1.54) is 13.0 Å². The molecule has 1 heterocycles. The summed E-state index contributed by atoms with van der Waals surface area (Å²) in [5.74, 6) is -1.80. The number of aromatic nitrogens is 2. The number of nitrogens with one attached hydrogen (secondary N) is 2. The maximum atomic E-state index is 11.3. The quantitative estimate of drug-likeness (QED) is 0.592. The van der Waals surface area contributed by atoms with Crippen LogP contribution in [0.15, 0.2) is 16.9 Å². The lowest BCUT2D eigenvalue weighted by atomic mass is 10.3. The molecule has 0 spiro atoms. The Bertz CT molecular complexity index is 419. The molecule has 1 atom stereocenters. The Morgan fingerprint density at radius 3 is 2.67 bits per heavy atom. The maximum Gasteiger partial charge on any atom is 0.325 e. The summed E-state index contributed by atoms with van der Waals surface area (Å²) in [5, 5.41) is 16.2. The summed E-state index contributed by atoms with van der Waals surface area (Å²) < 4.78 is 0. The van der Waals surface area contributed by atoms with Crippen LogP contribution in [0.3, 0.4) is 0 Å². The van der Waals surface area contributed by atoms with Gasteiger partial charge in [0, 0.05) is 6.07 Å². The lowest BCUT2D eigenvalue weighted by molar-refractivity contribution is -0.138. The zero-order chi connectivity index (χ0) is 11.4. The molecule has 0 radical (unpaired) electrons. The Hall–Kier alpha value is -2.18. The number of hydrogen-bond acceptors (Lipinski definition) is 4. The standard InChI is InChI=1S/C8H9N3O4/c1-4(8(14)15)9-7(13)5-2-3-6(12)11-10-5/h2-4H,1H3,(H,9,13)(H,11,12)(H,14,15)/t4-/m0/s1. The number of carboxylic acids is 1. The van der Waals surface area contributed by atoms with Gasteiger partial charge in [0.1, 0.15) is 11.7 Å². The Kier molecular flexibility index (Phi) is 3.17. The predicted octanol–water partition coefficient (Wildman–Crippen LogP) is -1.03. The van der Waals surface area contributed by atoms with E-state index in [0.717, 1.165) is 6.07 Å². The fourth-order valence-corrected chi connectivity index (χ4v) is 0.803. The van der Waals surface area contributed by atoms with Gasteiger partial charge in [-0.2, -0.15) is 5.10 Å². The molecule has 0 aliphatic heterocycles. The smallest absolute Gasteiger partial charge is 0.325 e. The monoisotopic (exact) mass is 211 g/mol. The van der Waals surface area contributed by atoms with Gasteiger partial charge in [-0.3, -0.25) is 14.4 Å². The number of aromatic amines is 1. The van der Waals surface area contributed by atoms with Crippen molar-refractivity contribution in [1.82, 2.24) is 15.5 Å². The largest absolute Gasteiger partial charge is 0.480 e. The highest BCUT2D eigenvalue weighted by Gasteiger charge is 2.15. The first-order valence-corrected chi connectivity index (χ1v) is 4.10. The van der Waals surface area contributed by atoms with Gasteiger partial charge in [-0.25, -0.2) is 5.10 Å². The first kappa shape index (κ1) is 10.9. The third-order valence-electron chi connectivity index (χ3n) is 1.63. The van der Waals surface area contributed by atoms with E-state index in [1.807, 2.05) is 0 Å². The van der Waals surface area contributed by atoms with Crippen LogP contribution in [0.2, 0.25) is 0 Å². The summed E-state index contributed by atoms with van der Waals surface area (Å²) in [5.41, 5.74) is -0.472. The number of nitrogens with zero attached hydrogens (tertiary/aromatic N) is 1. The second-order valence-corrected chi connectivity index (χ2v) is 2.84. The highest BCUT2D eigenvalue weighted by molar-refractivity contribution is 5.94. The fourth-order valence-electron chi connectivity index (χ4n) is 0.803. The summed E-state index contributed by atoms with van der Waals surface area (Å²) in [6.45, 7) is 1.33. The molecule has 80 valence electrons. The number of amides is 1. The number of carboxylic acid groups (broad SMARTS) is 1. The van der Waals surface area contributed by atoms with Crippen LogP contribution >= 0.6 is 0 Å². The van der Waals surface area contributed by atoms with Crippen molar-refractivity contribution in [3.05, 3.63) is 28.2 Å².